The monoisotopic (exact) mass is 222 g/mol. The van der Waals surface area contributed by atoms with Crippen LogP contribution in [0.15, 0.2) is 24.8 Å². The number of rotatable bonds is 8. The molecule has 0 aromatic rings. The summed E-state index contributed by atoms with van der Waals surface area (Å²) in [7, 11) is 0. The van der Waals surface area contributed by atoms with Crippen LogP contribution in [0, 0.1) is 0 Å². The third-order valence-electron chi connectivity index (χ3n) is 3.21. The van der Waals surface area contributed by atoms with Crippen molar-refractivity contribution in [2.24, 2.45) is 0 Å². The SMILES string of the molecule is C=CC(=C)CNCCCNC1CCCCC1. The van der Waals surface area contributed by atoms with Crippen LogP contribution in [0.2, 0.25) is 0 Å². The van der Waals surface area contributed by atoms with E-state index in [1.807, 2.05) is 6.08 Å². The van der Waals surface area contributed by atoms with Gasteiger partial charge in [0.15, 0.2) is 0 Å². The van der Waals surface area contributed by atoms with Crippen LogP contribution in [0.1, 0.15) is 38.5 Å². The molecule has 0 unspecified atom stereocenters. The molecular formula is C14H26N2. The van der Waals surface area contributed by atoms with E-state index >= 15 is 0 Å². The van der Waals surface area contributed by atoms with Gasteiger partial charge < -0.3 is 10.6 Å². The van der Waals surface area contributed by atoms with Crippen molar-refractivity contribution in [1.82, 2.24) is 10.6 Å². The Morgan fingerprint density at radius 1 is 1.19 bits per heavy atom. The first kappa shape index (κ1) is 13.5. The lowest BCUT2D eigenvalue weighted by Gasteiger charge is -2.22. The highest BCUT2D eigenvalue weighted by molar-refractivity contribution is 5.12. The molecule has 1 aliphatic rings. The largest absolute Gasteiger partial charge is 0.314 e. The summed E-state index contributed by atoms with van der Waals surface area (Å²) in [5.41, 5.74) is 1.07. The minimum absolute atomic E-state index is 0.789. The summed E-state index contributed by atoms with van der Waals surface area (Å²) in [4.78, 5) is 0. The van der Waals surface area contributed by atoms with E-state index in [2.05, 4.69) is 23.8 Å². The maximum Gasteiger partial charge on any atom is 0.0199 e. The van der Waals surface area contributed by atoms with E-state index in [4.69, 9.17) is 0 Å². The second-order valence-electron chi connectivity index (χ2n) is 4.68. The Bertz CT molecular complexity index is 205. The molecule has 16 heavy (non-hydrogen) atoms. The molecule has 0 radical (unpaired) electrons. The highest BCUT2D eigenvalue weighted by atomic mass is 14.9. The van der Waals surface area contributed by atoms with Gasteiger partial charge in [0.25, 0.3) is 0 Å². The van der Waals surface area contributed by atoms with Crippen molar-refractivity contribution in [2.75, 3.05) is 19.6 Å². The fraction of sp³-hybridized carbons (Fsp3) is 0.714. The Morgan fingerprint density at radius 3 is 2.62 bits per heavy atom. The predicted molar refractivity (Wildman–Crippen MR) is 71.7 cm³/mol. The molecule has 92 valence electrons. The van der Waals surface area contributed by atoms with Gasteiger partial charge >= 0.3 is 0 Å². The molecule has 2 nitrogen and oxygen atoms in total. The Kier molecular flexibility index (Phi) is 7.19. The second kappa shape index (κ2) is 8.54. The zero-order chi connectivity index (χ0) is 11.6. The average molecular weight is 222 g/mol. The summed E-state index contributed by atoms with van der Waals surface area (Å²) in [5.74, 6) is 0. The molecule has 1 aliphatic carbocycles. The van der Waals surface area contributed by atoms with Crippen molar-refractivity contribution in [3.8, 4) is 0 Å². The molecule has 0 aliphatic heterocycles. The first-order valence-corrected chi connectivity index (χ1v) is 6.57. The van der Waals surface area contributed by atoms with Crippen LogP contribution in [-0.2, 0) is 0 Å². The van der Waals surface area contributed by atoms with Gasteiger partial charge in [-0.1, -0.05) is 38.5 Å². The first-order chi connectivity index (χ1) is 7.83. The molecule has 0 atom stereocenters. The van der Waals surface area contributed by atoms with Gasteiger partial charge in [-0.3, -0.25) is 0 Å². The molecule has 0 aromatic heterocycles. The predicted octanol–water partition coefficient (Wildman–Crippen LogP) is 2.63. The maximum atomic E-state index is 3.87. The topological polar surface area (TPSA) is 24.1 Å². The lowest BCUT2D eigenvalue weighted by Crippen LogP contribution is -2.33. The van der Waals surface area contributed by atoms with Crippen LogP contribution in [0.5, 0.6) is 0 Å². The Hall–Kier alpha value is -0.600. The van der Waals surface area contributed by atoms with Crippen LogP contribution < -0.4 is 10.6 Å². The van der Waals surface area contributed by atoms with E-state index in [9.17, 15) is 0 Å². The third kappa shape index (κ3) is 6.09. The number of hydrogen-bond donors (Lipinski definition) is 2. The van der Waals surface area contributed by atoms with E-state index in [0.29, 0.717) is 0 Å². The van der Waals surface area contributed by atoms with E-state index in [1.54, 1.807) is 0 Å². The minimum Gasteiger partial charge on any atom is -0.314 e. The van der Waals surface area contributed by atoms with Crippen molar-refractivity contribution in [3.63, 3.8) is 0 Å². The molecule has 1 fully saturated rings. The summed E-state index contributed by atoms with van der Waals surface area (Å²) in [6.45, 7) is 10.6. The zero-order valence-corrected chi connectivity index (χ0v) is 10.4. The molecule has 0 amide bonds. The molecule has 1 saturated carbocycles. The van der Waals surface area contributed by atoms with Crippen LogP contribution in [0.4, 0.5) is 0 Å². The Labute approximate surface area is 100 Å². The van der Waals surface area contributed by atoms with Crippen LogP contribution >= 0.6 is 0 Å². The molecule has 0 spiro atoms. The van der Waals surface area contributed by atoms with E-state index in [-0.39, 0.29) is 0 Å². The van der Waals surface area contributed by atoms with Gasteiger partial charge in [-0.25, -0.2) is 0 Å². The summed E-state index contributed by atoms with van der Waals surface area (Å²) in [6, 6.07) is 0.789. The second-order valence-corrected chi connectivity index (χ2v) is 4.68. The molecule has 2 N–H and O–H groups in total. The summed E-state index contributed by atoms with van der Waals surface area (Å²) >= 11 is 0. The van der Waals surface area contributed by atoms with E-state index < -0.39 is 0 Å². The van der Waals surface area contributed by atoms with Gasteiger partial charge in [0.1, 0.15) is 0 Å². The quantitative estimate of drug-likeness (QED) is 0.487. The fourth-order valence-electron chi connectivity index (χ4n) is 2.15. The van der Waals surface area contributed by atoms with Gasteiger partial charge in [-0.2, -0.15) is 0 Å². The van der Waals surface area contributed by atoms with Crippen molar-refractivity contribution < 1.29 is 0 Å². The zero-order valence-electron chi connectivity index (χ0n) is 10.4. The van der Waals surface area contributed by atoms with Gasteiger partial charge in [-0.05, 0) is 37.9 Å². The van der Waals surface area contributed by atoms with Gasteiger partial charge in [-0.15, -0.1) is 0 Å². The third-order valence-corrected chi connectivity index (χ3v) is 3.21. The summed E-state index contributed by atoms with van der Waals surface area (Å²) < 4.78 is 0. The van der Waals surface area contributed by atoms with Crippen LogP contribution in [-0.4, -0.2) is 25.7 Å². The molecule has 2 heteroatoms. The Balaban J connectivity index is 1.87. The van der Waals surface area contributed by atoms with Crippen LogP contribution in [0.25, 0.3) is 0 Å². The van der Waals surface area contributed by atoms with Crippen LogP contribution in [0.3, 0.4) is 0 Å². The summed E-state index contributed by atoms with van der Waals surface area (Å²) in [6.07, 6.45) is 10.0. The Morgan fingerprint density at radius 2 is 1.94 bits per heavy atom. The standard InChI is InChI=1S/C14H26N2/c1-3-13(2)12-15-10-7-11-16-14-8-5-4-6-9-14/h3,14-16H,1-2,4-12H2. The molecule has 0 saturated heterocycles. The average Bonchev–Trinajstić information content (AvgIpc) is 2.34. The van der Waals surface area contributed by atoms with Crippen molar-refractivity contribution in [2.45, 2.75) is 44.6 Å². The number of nitrogens with one attached hydrogen (secondary N) is 2. The summed E-state index contributed by atoms with van der Waals surface area (Å²) in [5, 5.41) is 7.00. The minimum atomic E-state index is 0.789. The van der Waals surface area contributed by atoms with Gasteiger partial charge in [0.05, 0.1) is 0 Å². The smallest absolute Gasteiger partial charge is 0.0199 e. The van der Waals surface area contributed by atoms with Crippen molar-refractivity contribution >= 4 is 0 Å². The lowest BCUT2D eigenvalue weighted by atomic mass is 9.95. The lowest BCUT2D eigenvalue weighted by molar-refractivity contribution is 0.371. The molecule has 1 rings (SSSR count). The molecular weight excluding hydrogens is 196 g/mol. The highest BCUT2D eigenvalue weighted by Crippen LogP contribution is 2.16. The van der Waals surface area contributed by atoms with Crippen molar-refractivity contribution in [1.29, 1.82) is 0 Å². The van der Waals surface area contributed by atoms with Gasteiger partial charge in [0.2, 0.25) is 0 Å². The number of hydrogen-bond acceptors (Lipinski definition) is 2. The molecule has 0 bridgehead atoms. The highest BCUT2D eigenvalue weighted by Gasteiger charge is 2.11. The van der Waals surface area contributed by atoms with Crippen molar-refractivity contribution in [3.05, 3.63) is 24.8 Å². The fourth-order valence-corrected chi connectivity index (χ4v) is 2.15. The molecule has 0 heterocycles. The molecule has 0 aromatic carbocycles. The first-order valence-electron chi connectivity index (χ1n) is 6.57. The maximum absolute atomic E-state index is 3.87. The van der Waals surface area contributed by atoms with E-state index in [0.717, 1.165) is 31.2 Å². The van der Waals surface area contributed by atoms with E-state index in [1.165, 1.54) is 38.5 Å². The van der Waals surface area contributed by atoms with Gasteiger partial charge in [0, 0.05) is 12.6 Å². The normalized spacial score (nSPS) is 17.2.